The van der Waals surface area contributed by atoms with E-state index in [1.54, 1.807) is 42.7 Å². The molecule has 0 aliphatic carbocycles. The van der Waals surface area contributed by atoms with E-state index in [4.69, 9.17) is 0 Å². The highest BCUT2D eigenvalue weighted by Crippen LogP contribution is 2.33. The van der Waals surface area contributed by atoms with E-state index < -0.39 is 0 Å². The molecular formula is C26H30N10O3S. The van der Waals surface area contributed by atoms with Crippen molar-refractivity contribution in [1.29, 1.82) is 0 Å². The molecule has 0 saturated carbocycles. The fourth-order valence-electron chi connectivity index (χ4n) is 4.60. The van der Waals surface area contributed by atoms with Gasteiger partial charge in [0.2, 0.25) is 23.4 Å². The molecule has 2 aromatic heterocycles. The van der Waals surface area contributed by atoms with Crippen molar-refractivity contribution in [3.05, 3.63) is 48.3 Å². The summed E-state index contributed by atoms with van der Waals surface area (Å²) < 4.78 is 0. The van der Waals surface area contributed by atoms with E-state index >= 15 is 0 Å². The van der Waals surface area contributed by atoms with E-state index in [2.05, 4.69) is 51.6 Å². The van der Waals surface area contributed by atoms with Crippen molar-refractivity contribution in [2.24, 2.45) is 0 Å². The van der Waals surface area contributed by atoms with Gasteiger partial charge in [-0.2, -0.15) is 11.8 Å². The second kappa shape index (κ2) is 13.2. The number of carbonyl (C=O) groups is 3. The Kier molecular flexibility index (Phi) is 9.06. The van der Waals surface area contributed by atoms with Crippen molar-refractivity contribution < 1.29 is 14.4 Å². The van der Waals surface area contributed by atoms with Crippen molar-refractivity contribution >= 4 is 29.6 Å². The van der Waals surface area contributed by atoms with Crippen LogP contribution in [-0.2, 0) is 4.79 Å². The molecule has 2 fully saturated rings. The monoisotopic (exact) mass is 562 g/mol. The Morgan fingerprint density at radius 1 is 0.875 bits per heavy atom. The number of benzene rings is 1. The first-order valence-electron chi connectivity index (χ1n) is 13.3. The summed E-state index contributed by atoms with van der Waals surface area (Å²) in [6, 6.07) is 8.90. The van der Waals surface area contributed by atoms with Crippen molar-refractivity contribution in [3.8, 4) is 23.0 Å². The van der Waals surface area contributed by atoms with E-state index in [1.807, 2.05) is 11.8 Å². The summed E-state index contributed by atoms with van der Waals surface area (Å²) >= 11 is 1.89. The molecule has 1 aromatic carbocycles. The molecule has 4 N–H and O–H groups in total. The highest BCUT2D eigenvalue weighted by molar-refractivity contribution is 8.00. The van der Waals surface area contributed by atoms with Gasteiger partial charge in [-0.1, -0.05) is 18.6 Å². The quantitative estimate of drug-likeness (QED) is 0.186. The van der Waals surface area contributed by atoms with E-state index in [1.165, 1.54) is 0 Å². The van der Waals surface area contributed by atoms with Crippen molar-refractivity contribution in [2.45, 2.75) is 49.4 Å². The van der Waals surface area contributed by atoms with Gasteiger partial charge >= 0.3 is 6.03 Å². The average molecular weight is 563 g/mol. The van der Waals surface area contributed by atoms with Gasteiger partial charge in [-0.3, -0.25) is 9.59 Å². The summed E-state index contributed by atoms with van der Waals surface area (Å²) in [5.74, 6) is 1.66. The topological polar surface area (TPSA) is 177 Å². The molecule has 2 saturated heterocycles. The lowest BCUT2D eigenvalue weighted by Gasteiger charge is -2.16. The number of urea groups is 1. The Morgan fingerprint density at radius 3 is 2.38 bits per heavy atom. The average Bonchev–Trinajstić information content (AvgIpc) is 3.54. The van der Waals surface area contributed by atoms with Gasteiger partial charge in [-0.05, 0) is 37.5 Å². The summed E-state index contributed by atoms with van der Waals surface area (Å²) in [4.78, 5) is 44.2. The summed E-state index contributed by atoms with van der Waals surface area (Å²) in [6.07, 6.45) is 7.04. The zero-order chi connectivity index (χ0) is 27.7. The van der Waals surface area contributed by atoms with Crippen LogP contribution in [0.3, 0.4) is 0 Å². The third-order valence-corrected chi connectivity index (χ3v) is 8.20. The van der Waals surface area contributed by atoms with Gasteiger partial charge in [0.25, 0.3) is 5.91 Å². The molecule has 4 amide bonds. The van der Waals surface area contributed by atoms with E-state index in [0.29, 0.717) is 54.0 Å². The molecule has 2 aliphatic heterocycles. The number of thioether (sulfide) groups is 1. The molecule has 0 bridgehead atoms. The Hall–Kier alpha value is -4.20. The third kappa shape index (κ3) is 7.05. The number of nitrogens with one attached hydrogen (secondary N) is 4. The first-order valence-corrected chi connectivity index (χ1v) is 14.3. The van der Waals surface area contributed by atoms with Gasteiger partial charge in [-0.15, -0.1) is 20.4 Å². The number of fused-ring (bicyclic) bond motifs is 1. The van der Waals surface area contributed by atoms with Crippen LogP contribution in [0, 0.1) is 0 Å². The van der Waals surface area contributed by atoms with Crippen LogP contribution in [-0.4, -0.2) is 84.4 Å². The number of nitrogens with zero attached hydrogens (tertiary/aromatic N) is 6. The molecule has 3 aromatic rings. The largest absolute Gasteiger partial charge is 0.356 e. The van der Waals surface area contributed by atoms with Gasteiger partial charge in [0.05, 0.1) is 12.1 Å². The van der Waals surface area contributed by atoms with Gasteiger partial charge in [-0.25, -0.2) is 14.8 Å². The fourth-order valence-corrected chi connectivity index (χ4v) is 6.15. The van der Waals surface area contributed by atoms with Gasteiger partial charge in [0.1, 0.15) is 0 Å². The molecule has 4 heterocycles. The minimum atomic E-state index is -0.202. The maximum atomic E-state index is 12.5. The number of rotatable bonds is 12. The van der Waals surface area contributed by atoms with Gasteiger partial charge < -0.3 is 21.3 Å². The van der Waals surface area contributed by atoms with E-state index in [-0.39, 0.29) is 35.8 Å². The molecule has 208 valence electrons. The molecule has 5 rings (SSSR count). The van der Waals surface area contributed by atoms with Crippen LogP contribution in [0.5, 0.6) is 0 Å². The van der Waals surface area contributed by atoms with E-state index in [0.717, 1.165) is 25.0 Å². The Labute approximate surface area is 235 Å². The lowest BCUT2D eigenvalue weighted by Crippen LogP contribution is -2.36. The Morgan fingerprint density at radius 2 is 1.60 bits per heavy atom. The fraction of sp³-hybridized carbons (Fsp3) is 0.423. The minimum Gasteiger partial charge on any atom is -0.356 e. The maximum absolute atomic E-state index is 12.5. The zero-order valence-corrected chi connectivity index (χ0v) is 22.6. The van der Waals surface area contributed by atoms with Crippen molar-refractivity contribution in [3.63, 3.8) is 0 Å². The van der Waals surface area contributed by atoms with E-state index in [9.17, 15) is 14.4 Å². The van der Waals surface area contributed by atoms with Crippen molar-refractivity contribution in [1.82, 2.24) is 51.6 Å². The predicted molar refractivity (Wildman–Crippen MR) is 148 cm³/mol. The molecule has 13 nitrogen and oxygen atoms in total. The van der Waals surface area contributed by atoms with Crippen LogP contribution in [0.1, 0.15) is 42.5 Å². The highest BCUT2D eigenvalue weighted by atomic mass is 32.2. The van der Waals surface area contributed by atoms with Crippen LogP contribution in [0.25, 0.3) is 23.0 Å². The second-order valence-corrected chi connectivity index (χ2v) is 10.8. The maximum Gasteiger partial charge on any atom is 0.315 e. The number of hydrogen-bond donors (Lipinski definition) is 4. The van der Waals surface area contributed by atoms with Crippen LogP contribution in [0.2, 0.25) is 0 Å². The third-order valence-electron chi connectivity index (χ3n) is 6.69. The molecule has 2 aliphatic rings. The number of amides is 4. The normalized spacial score (nSPS) is 19.4. The number of aromatic nitrogens is 6. The second-order valence-electron chi connectivity index (χ2n) is 9.52. The molecule has 0 radical (unpaired) electrons. The highest BCUT2D eigenvalue weighted by Gasteiger charge is 2.42. The van der Waals surface area contributed by atoms with Crippen molar-refractivity contribution in [2.75, 3.05) is 18.8 Å². The summed E-state index contributed by atoms with van der Waals surface area (Å²) in [7, 11) is 0. The molecular weight excluding hydrogens is 532 g/mol. The van der Waals surface area contributed by atoms with Crippen LogP contribution >= 0.6 is 11.8 Å². The number of carbonyl (C=O) groups excluding carboxylic acids is 3. The summed E-state index contributed by atoms with van der Waals surface area (Å²) in [6.45, 7) is 0.946. The standard InChI is InChI=1S/C26H30N10O3S/c37-20(6-2-1-5-19-21-18(15-40-19)31-26(39)32-21)27-11-3-14-30-25(38)17-9-7-16(8-10-17)22-33-35-24(36-34-22)23-28-12-4-13-29-23/h4,7-10,12-13,18-19,21H,1-3,5-6,11,14-15H2,(H,27,37)(H,30,38)(H2,31,32,39). The van der Waals surface area contributed by atoms with Crippen LogP contribution in [0.4, 0.5) is 4.79 Å². The Bertz CT molecular complexity index is 1310. The Balaban J connectivity index is 0.950. The molecule has 3 atom stereocenters. The minimum absolute atomic E-state index is 0.0187. The summed E-state index contributed by atoms with van der Waals surface area (Å²) in [5.41, 5.74) is 1.18. The lowest BCUT2D eigenvalue weighted by molar-refractivity contribution is -0.121. The SMILES string of the molecule is O=C(CCCCC1SCC2NC(=O)NC21)NCCCNC(=O)c1ccc(-c2nnc(-c3ncccn3)nn2)cc1. The molecule has 14 heteroatoms. The molecule has 40 heavy (non-hydrogen) atoms. The number of hydrogen-bond acceptors (Lipinski definition) is 10. The molecule has 0 spiro atoms. The first-order chi connectivity index (χ1) is 19.6. The van der Waals surface area contributed by atoms with Crippen LogP contribution < -0.4 is 21.3 Å². The molecule has 3 unspecified atom stereocenters. The van der Waals surface area contributed by atoms with Gasteiger partial charge in [0, 0.05) is 54.0 Å². The number of unbranched alkanes of at least 4 members (excludes halogenated alkanes) is 1. The lowest BCUT2D eigenvalue weighted by atomic mass is 10.0. The van der Waals surface area contributed by atoms with Gasteiger partial charge in [0.15, 0.2) is 0 Å². The summed E-state index contributed by atoms with van der Waals surface area (Å²) in [5, 5.41) is 28.4. The first kappa shape index (κ1) is 27.4. The smallest absolute Gasteiger partial charge is 0.315 e. The van der Waals surface area contributed by atoms with Crippen LogP contribution in [0.15, 0.2) is 42.7 Å². The zero-order valence-electron chi connectivity index (χ0n) is 21.7. The predicted octanol–water partition coefficient (Wildman–Crippen LogP) is 1.35.